The molecule has 0 spiro atoms. The molecule has 0 aromatic carbocycles. The third-order valence-corrected chi connectivity index (χ3v) is 2.80. The van der Waals surface area contributed by atoms with Crippen molar-refractivity contribution in [1.29, 1.82) is 0 Å². The third kappa shape index (κ3) is 4.70. The van der Waals surface area contributed by atoms with Crippen molar-refractivity contribution in [2.45, 2.75) is 38.3 Å². The summed E-state index contributed by atoms with van der Waals surface area (Å²) in [5.41, 5.74) is 4.12. The van der Waals surface area contributed by atoms with Crippen LogP contribution >= 0.6 is 0 Å². The number of primary amides is 1. The predicted octanol–water partition coefficient (Wildman–Crippen LogP) is -0.865. The van der Waals surface area contributed by atoms with E-state index in [0.29, 0.717) is 0 Å². The Morgan fingerprint density at radius 3 is 2.53 bits per heavy atom. The number of piperidine rings is 1. The summed E-state index contributed by atoms with van der Waals surface area (Å²) >= 11 is 0. The van der Waals surface area contributed by atoms with Gasteiger partial charge in [0.15, 0.2) is 0 Å². The van der Waals surface area contributed by atoms with Crippen molar-refractivity contribution < 1.29 is 14.3 Å². The van der Waals surface area contributed by atoms with Crippen molar-refractivity contribution in [2.75, 3.05) is 19.7 Å². The summed E-state index contributed by atoms with van der Waals surface area (Å²) < 4.78 is 5.47. The molecule has 1 saturated heterocycles. The van der Waals surface area contributed by atoms with E-state index in [1.54, 1.807) is 13.8 Å². The molecule has 17 heavy (non-hydrogen) atoms. The SMILES string of the molecule is CC(C)(NC(=O)COC1CCNCC1)C(N)=O. The van der Waals surface area contributed by atoms with Crippen molar-refractivity contribution in [3.05, 3.63) is 0 Å². The molecule has 0 radical (unpaired) electrons. The average Bonchev–Trinajstić information content (AvgIpc) is 2.27. The lowest BCUT2D eigenvalue weighted by Crippen LogP contribution is -2.54. The van der Waals surface area contributed by atoms with Crippen molar-refractivity contribution in [2.24, 2.45) is 5.73 Å². The van der Waals surface area contributed by atoms with E-state index in [1.165, 1.54) is 0 Å². The van der Waals surface area contributed by atoms with Gasteiger partial charge in [0, 0.05) is 0 Å². The summed E-state index contributed by atoms with van der Waals surface area (Å²) in [7, 11) is 0. The number of rotatable bonds is 5. The van der Waals surface area contributed by atoms with E-state index in [9.17, 15) is 9.59 Å². The number of amides is 2. The molecule has 0 saturated carbocycles. The molecule has 98 valence electrons. The van der Waals surface area contributed by atoms with Gasteiger partial charge in [-0.1, -0.05) is 0 Å². The van der Waals surface area contributed by atoms with Gasteiger partial charge in [0.25, 0.3) is 0 Å². The van der Waals surface area contributed by atoms with E-state index < -0.39 is 11.4 Å². The smallest absolute Gasteiger partial charge is 0.246 e. The quantitative estimate of drug-likeness (QED) is 0.585. The molecule has 6 nitrogen and oxygen atoms in total. The highest BCUT2D eigenvalue weighted by molar-refractivity contribution is 5.89. The summed E-state index contributed by atoms with van der Waals surface area (Å²) in [4.78, 5) is 22.6. The van der Waals surface area contributed by atoms with Crippen LogP contribution in [-0.2, 0) is 14.3 Å². The molecule has 0 aromatic rings. The Balaban J connectivity index is 2.27. The van der Waals surface area contributed by atoms with Crippen LogP contribution in [0, 0.1) is 0 Å². The summed E-state index contributed by atoms with van der Waals surface area (Å²) in [5.74, 6) is -0.875. The maximum atomic E-state index is 11.5. The van der Waals surface area contributed by atoms with Crippen LogP contribution in [0.4, 0.5) is 0 Å². The first-order chi connectivity index (χ1) is 7.92. The maximum Gasteiger partial charge on any atom is 0.246 e. The first-order valence-corrected chi connectivity index (χ1v) is 5.85. The second-order valence-corrected chi connectivity index (χ2v) is 4.80. The Morgan fingerprint density at radius 2 is 2.00 bits per heavy atom. The van der Waals surface area contributed by atoms with E-state index in [0.717, 1.165) is 25.9 Å². The number of nitrogens with two attached hydrogens (primary N) is 1. The zero-order valence-electron chi connectivity index (χ0n) is 10.4. The third-order valence-electron chi connectivity index (χ3n) is 2.80. The number of carbonyl (C=O) groups excluding carboxylic acids is 2. The first kappa shape index (κ1) is 13.9. The fourth-order valence-electron chi connectivity index (χ4n) is 1.60. The molecular formula is C11H21N3O3. The van der Waals surface area contributed by atoms with Crippen LogP contribution < -0.4 is 16.4 Å². The highest BCUT2D eigenvalue weighted by Gasteiger charge is 2.27. The van der Waals surface area contributed by atoms with E-state index in [1.807, 2.05) is 0 Å². The molecular weight excluding hydrogens is 222 g/mol. The molecule has 0 aromatic heterocycles. The molecule has 1 fully saturated rings. The van der Waals surface area contributed by atoms with Crippen molar-refractivity contribution in [3.8, 4) is 0 Å². The molecule has 0 bridgehead atoms. The van der Waals surface area contributed by atoms with Gasteiger partial charge in [-0.25, -0.2) is 0 Å². The first-order valence-electron chi connectivity index (χ1n) is 5.85. The van der Waals surface area contributed by atoms with Crippen molar-refractivity contribution >= 4 is 11.8 Å². The zero-order chi connectivity index (χ0) is 12.9. The number of hydrogen-bond donors (Lipinski definition) is 3. The Hall–Kier alpha value is -1.14. The zero-order valence-corrected chi connectivity index (χ0v) is 10.4. The molecule has 4 N–H and O–H groups in total. The molecule has 1 rings (SSSR count). The van der Waals surface area contributed by atoms with Crippen LogP contribution in [-0.4, -0.2) is 43.2 Å². The van der Waals surface area contributed by atoms with Crippen LogP contribution in [0.25, 0.3) is 0 Å². The fraction of sp³-hybridized carbons (Fsp3) is 0.818. The fourth-order valence-corrected chi connectivity index (χ4v) is 1.60. The normalized spacial score (nSPS) is 17.8. The molecule has 0 atom stereocenters. The van der Waals surface area contributed by atoms with Gasteiger partial charge in [-0.15, -0.1) is 0 Å². The molecule has 1 heterocycles. The van der Waals surface area contributed by atoms with Crippen molar-refractivity contribution in [3.63, 3.8) is 0 Å². The van der Waals surface area contributed by atoms with Crippen LogP contribution in [0.2, 0.25) is 0 Å². The summed E-state index contributed by atoms with van der Waals surface area (Å²) in [6.07, 6.45) is 1.94. The monoisotopic (exact) mass is 243 g/mol. The minimum absolute atomic E-state index is 0.0264. The van der Waals surface area contributed by atoms with Crippen LogP contribution in [0.1, 0.15) is 26.7 Å². The lowest BCUT2D eigenvalue weighted by Gasteiger charge is -2.25. The van der Waals surface area contributed by atoms with Crippen LogP contribution in [0.15, 0.2) is 0 Å². The van der Waals surface area contributed by atoms with Gasteiger partial charge in [-0.3, -0.25) is 9.59 Å². The molecule has 0 aliphatic carbocycles. The molecule has 0 unspecified atom stereocenters. The number of hydrogen-bond acceptors (Lipinski definition) is 4. The summed E-state index contributed by atoms with van der Waals surface area (Å²) in [6.45, 7) is 4.94. The summed E-state index contributed by atoms with van der Waals surface area (Å²) in [5, 5.41) is 5.75. The van der Waals surface area contributed by atoms with Gasteiger partial charge >= 0.3 is 0 Å². The Morgan fingerprint density at radius 1 is 1.41 bits per heavy atom. The number of nitrogens with one attached hydrogen (secondary N) is 2. The second kappa shape index (κ2) is 5.97. The Labute approximate surface area is 101 Å². The lowest BCUT2D eigenvalue weighted by atomic mass is 10.1. The van der Waals surface area contributed by atoms with Gasteiger partial charge in [-0.05, 0) is 39.8 Å². The van der Waals surface area contributed by atoms with E-state index in [2.05, 4.69) is 10.6 Å². The van der Waals surface area contributed by atoms with Gasteiger partial charge in [0.05, 0.1) is 6.10 Å². The van der Waals surface area contributed by atoms with Gasteiger partial charge in [-0.2, -0.15) is 0 Å². The highest BCUT2D eigenvalue weighted by atomic mass is 16.5. The Bertz CT molecular complexity index is 286. The molecule has 2 amide bonds. The Kier molecular flexibility index (Phi) is 4.89. The van der Waals surface area contributed by atoms with E-state index in [4.69, 9.17) is 10.5 Å². The molecule has 6 heteroatoms. The van der Waals surface area contributed by atoms with Gasteiger partial charge in [0.1, 0.15) is 12.1 Å². The summed E-state index contributed by atoms with van der Waals surface area (Å²) in [6, 6.07) is 0. The van der Waals surface area contributed by atoms with E-state index in [-0.39, 0.29) is 18.6 Å². The molecule has 1 aliphatic rings. The predicted molar refractivity (Wildman–Crippen MR) is 63.3 cm³/mol. The largest absolute Gasteiger partial charge is 0.368 e. The molecule has 1 aliphatic heterocycles. The topological polar surface area (TPSA) is 93.4 Å². The minimum Gasteiger partial charge on any atom is -0.368 e. The lowest BCUT2D eigenvalue weighted by molar-refractivity contribution is -0.134. The maximum absolute atomic E-state index is 11.5. The van der Waals surface area contributed by atoms with Crippen LogP contribution in [0.5, 0.6) is 0 Å². The standard InChI is InChI=1S/C11H21N3O3/c1-11(2,10(12)16)14-9(15)7-17-8-3-5-13-6-4-8/h8,13H,3-7H2,1-2H3,(H2,12,16)(H,14,15). The minimum atomic E-state index is -1.03. The van der Waals surface area contributed by atoms with Gasteiger partial charge < -0.3 is 21.1 Å². The van der Waals surface area contributed by atoms with Gasteiger partial charge in [0.2, 0.25) is 11.8 Å². The second-order valence-electron chi connectivity index (χ2n) is 4.80. The van der Waals surface area contributed by atoms with Crippen molar-refractivity contribution in [1.82, 2.24) is 10.6 Å². The van der Waals surface area contributed by atoms with Crippen LogP contribution in [0.3, 0.4) is 0 Å². The number of ether oxygens (including phenoxy) is 1. The number of carbonyl (C=O) groups is 2. The highest BCUT2D eigenvalue weighted by Crippen LogP contribution is 2.07. The van der Waals surface area contributed by atoms with E-state index >= 15 is 0 Å². The average molecular weight is 243 g/mol.